The standard InChI is InChI=1S/C11H18N2O/c1-3-10-11(14-8-4-7-12)6-5-9(2)13-10/h5-6H,3-4,7-8,12H2,1-2H3. The number of rotatable bonds is 5. The number of aromatic nitrogens is 1. The van der Waals surface area contributed by atoms with Crippen LogP contribution >= 0.6 is 0 Å². The first-order valence-electron chi connectivity index (χ1n) is 5.07. The van der Waals surface area contributed by atoms with Crippen molar-refractivity contribution < 1.29 is 4.74 Å². The van der Waals surface area contributed by atoms with E-state index in [-0.39, 0.29) is 0 Å². The first-order valence-corrected chi connectivity index (χ1v) is 5.07. The van der Waals surface area contributed by atoms with E-state index < -0.39 is 0 Å². The smallest absolute Gasteiger partial charge is 0.140 e. The van der Waals surface area contributed by atoms with Crippen LogP contribution in [0.4, 0.5) is 0 Å². The summed E-state index contributed by atoms with van der Waals surface area (Å²) in [4.78, 5) is 4.41. The van der Waals surface area contributed by atoms with Gasteiger partial charge in [-0.2, -0.15) is 0 Å². The van der Waals surface area contributed by atoms with Crippen molar-refractivity contribution in [3.8, 4) is 5.75 Å². The highest BCUT2D eigenvalue weighted by Gasteiger charge is 2.02. The quantitative estimate of drug-likeness (QED) is 0.725. The fourth-order valence-corrected chi connectivity index (χ4v) is 1.25. The first-order chi connectivity index (χ1) is 6.77. The molecule has 0 radical (unpaired) electrons. The Kier molecular flexibility index (Phi) is 4.40. The molecule has 78 valence electrons. The maximum atomic E-state index is 5.58. The van der Waals surface area contributed by atoms with Crippen LogP contribution in [0.2, 0.25) is 0 Å². The number of ether oxygens (including phenoxy) is 1. The highest BCUT2D eigenvalue weighted by Crippen LogP contribution is 2.17. The summed E-state index contributed by atoms with van der Waals surface area (Å²) in [7, 11) is 0. The number of hydrogen-bond donors (Lipinski definition) is 1. The van der Waals surface area contributed by atoms with Crippen LogP contribution in [0.5, 0.6) is 5.75 Å². The minimum absolute atomic E-state index is 0.667. The number of pyridine rings is 1. The molecule has 0 aliphatic carbocycles. The molecular weight excluding hydrogens is 176 g/mol. The van der Waals surface area contributed by atoms with Crippen molar-refractivity contribution in [1.82, 2.24) is 4.98 Å². The van der Waals surface area contributed by atoms with Crippen LogP contribution < -0.4 is 10.5 Å². The van der Waals surface area contributed by atoms with E-state index in [1.807, 2.05) is 19.1 Å². The fraction of sp³-hybridized carbons (Fsp3) is 0.545. The molecule has 1 aromatic heterocycles. The van der Waals surface area contributed by atoms with Crippen molar-refractivity contribution in [2.45, 2.75) is 26.7 Å². The zero-order chi connectivity index (χ0) is 10.4. The summed E-state index contributed by atoms with van der Waals surface area (Å²) in [6.07, 6.45) is 1.79. The van der Waals surface area contributed by atoms with E-state index in [0.717, 1.165) is 30.0 Å². The summed E-state index contributed by atoms with van der Waals surface area (Å²) < 4.78 is 5.58. The van der Waals surface area contributed by atoms with Crippen LogP contribution in [0.1, 0.15) is 24.7 Å². The van der Waals surface area contributed by atoms with Gasteiger partial charge in [0.05, 0.1) is 12.3 Å². The second kappa shape index (κ2) is 5.60. The molecule has 0 fully saturated rings. The summed E-state index contributed by atoms with van der Waals surface area (Å²) in [5, 5.41) is 0. The molecule has 0 saturated carbocycles. The summed E-state index contributed by atoms with van der Waals surface area (Å²) in [6.45, 7) is 5.41. The minimum atomic E-state index is 0.667. The van der Waals surface area contributed by atoms with Crippen LogP contribution in [0.15, 0.2) is 12.1 Å². The molecule has 2 N–H and O–H groups in total. The molecule has 0 aliphatic heterocycles. The Morgan fingerprint density at radius 2 is 2.21 bits per heavy atom. The van der Waals surface area contributed by atoms with Gasteiger partial charge in [-0.3, -0.25) is 4.98 Å². The second-order valence-electron chi connectivity index (χ2n) is 3.24. The SMILES string of the molecule is CCc1nc(C)ccc1OCCCN. The van der Waals surface area contributed by atoms with Crippen molar-refractivity contribution in [3.05, 3.63) is 23.5 Å². The molecule has 0 amide bonds. The highest BCUT2D eigenvalue weighted by atomic mass is 16.5. The van der Waals surface area contributed by atoms with Gasteiger partial charge in [0, 0.05) is 5.69 Å². The average molecular weight is 194 g/mol. The van der Waals surface area contributed by atoms with Gasteiger partial charge in [-0.15, -0.1) is 0 Å². The van der Waals surface area contributed by atoms with Crippen molar-refractivity contribution >= 4 is 0 Å². The molecule has 3 nitrogen and oxygen atoms in total. The fourth-order valence-electron chi connectivity index (χ4n) is 1.25. The molecule has 0 atom stereocenters. The number of nitrogens with zero attached hydrogens (tertiary/aromatic N) is 1. The largest absolute Gasteiger partial charge is 0.492 e. The maximum absolute atomic E-state index is 5.58. The van der Waals surface area contributed by atoms with Gasteiger partial charge in [-0.05, 0) is 38.4 Å². The van der Waals surface area contributed by atoms with Crippen molar-refractivity contribution in [2.24, 2.45) is 5.73 Å². The van der Waals surface area contributed by atoms with Gasteiger partial charge in [0.25, 0.3) is 0 Å². The van der Waals surface area contributed by atoms with E-state index in [1.54, 1.807) is 0 Å². The zero-order valence-corrected chi connectivity index (χ0v) is 8.92. The molecule has 1 heterocycles. The summed E-state index contributed by atoms with van der Waals surface area (Å²) in [5.74, 6) is 0.895. The molecule has 3 heteroatoms. The maximum Gasteiger partial charge on any atom is 0.140 e. The van der Waals surface area contributed by atoms with Crippen molar-refractivity contribution in [2.75, 3.05) is 13.2 Å². The molecule has 0 aromatic carbocycles. The third-order valence-electron chi connectivity index (χ3n) is 2.01. The van der Waals surface area contributed by atoms with Crippen LogP contribution in [0.25, 0.3) is 0 Å². The van der Waals surface area contributed by atoms with Gasteiger partial charge in [0.1, 0.15) is 5.75 Å². The van der Waals surface area contributed by atoms with Gasteiger partial charge >= 0.3 is 0 Å². The van der Waals surface area contributed by atoms with Crippen molar-refractivity contribution in [3.63, 3.8) is 0 Å². The molecule has 1 aromatic rings. The summed E-state index contributed by atoms with van der Waals surface area (Å²) in [5.41, 5.74) is 7.46. The van der Waals surface area contributed by atoms with E-state index in [9.17, 15) is 0 Å². The topological polar surface area (TPSA) is 48.1 Å². The Morgan fingerprint density at radius 3 is 2.86 bits per heavy atom. The molecule has 14 heavy (non-hydrogen) atoms. The molecule has 1 rings (SSSR count). The lowest BCUT2D eigenvalue weighted by Gasteiger charge is -2.09. The number of hydrogen-bond acceptors (Lipinski definition) is 3. The van der Waals surface area contributed by atoms with E-state index in [1.165, 1.54) is 0 Å². The van der Waals surface area contributed by atoms with Crippen LogP contribution in [0.3, 0.4) is 0 Å². The Morgan fingerprint density at radius 1 is 1.43 bits per heavy atom. The Balaban J connectivity index is 2.65. The molecule has 0 aliphatic rings. The van der Waals surface area contributed by atoms with Crippen molar-refractivity contribution in [1.29, 1.82) is 0 Å². The lowest BCUT2D eigenvalue weighted by atomic mass is 10.2. The van der Waals surface area contributed by atoms with Crippen LogP contribution in [-0.2, 0) is 6.42 Å². The highest BCUT2D eigenvalue weighted by molar-refractivity contribution is 5.29. The second-order valence-corrected chi connectivity index (χ2v) is 3.24. The normalized spacial score (nSPS) is 10.2. The van der Waals surface area contributed by atoms with Crippen LogP contribution in [0, 0.1) is 6.92 Å². The van der Waals surface area contributed by atoms with Gasteiger partial charge in [-0.25, -0.2) is 0 Å². The Bertz CT molecular complexity index is 287. The van der Waals surface area contributed by atoms with E-state index in [0.29, 0.717) is 13.2 Å². The van der Waals surface area contributed by atoms with Gasteiger partial charge in [-0.1, -0.05) is 6.92 Å². The van der Waals surface area contributed by atoms with Crippen LogP contribution in [-0.4, -0.2) is 18.1 Å². The number of aryl methyl sites for hydroxylation is 2. The zero-order valence-electron chi connectivity index (χ0n) is 8.92. The molecule has 0 unspecified atom stereocenters. The number of nitrogens with two attached hydrogens (primary N) is 1. The lowest BCUT2D eigenvalue weighted by Crippen LogP contribution is -2.07. The van der Waals surface area contributed by atoms with E-state index in [4.69, 9.17) is 10.5 Å². The monoisotopic (exact) mass is 194 g/mol. The van der Waals surface area contributed by atoms with E-state index in [2.05, 4.69) is 11.9 Å². The Labute approximate surface area is 85.3 Å². The third kappa shape index (κ3) is 3.00. The van der Waals surface area contributed by atoms with Gasteiger partial charge in [0.15, 0.2) is 0 Å². The summed E-state index contributed by atoms with van der Waals surface area (Å²) >= 11 is 0. The molecule has 0 spiro atoms. The van der Waals surface area contributed by atoms with E-state index >= 15 is 0 Å². The third-order valence-corrected chi connectivity index (χ3v) is 2.01. The van der Waals surface area contributed by atoms with Gasteiger partial charge < -0.3 is 10.5 Å². The molecular formula is C11H18N2O. The Hall–Kier alpha value is -1.09. The first kappa shape index (κ1) is 11.0. The summed E-state index contributed by atoms with van der Waals surface area (Å²) in [6, 6.07) is 3.95. The predicted octanol–water partition coefficient (Wildman–Crippen LogP) is 1.68. The van der Waals surface area contributed by atoms with Gasteiger partial charge in [0.2, 0.25) is 0 Å². The molecule has 0 bridgehead atoms. The lowest BCUT2D eigenvalue weighted by molar-refractivity contribution is 0.308. The predicted molar refractivity (Wildman–Crippen MR) is 57.5 cm³/mol. The molecule has 0 saturated heterocycles. The average Bonchev–Trinajstić information content (AvgIpc) is 2.20. The minimum Gasteiger partial charge on any atom is -0.492 e.